The number of carbonyl (C=O) groups excluding carboxylic acids is 1. The number of allylic oxidation sites excluding steroid dienone is 1. The fourth-order valence-corrected chi connectivity index (χ4v) is 2.17. The van der Waals surface area contributed by atoms with E-state index in [9.17, 15) is 14.4 Å². The van der Waals surface area contributed by atoms with Crippen molar-refractivity contribution in [2.75, 3.05) is 6.54 Å². The van der Waals surface area contributed by atoms with Gasteiger partial charge in [-0.15, -0.1) is 0 Å². The van der Waals surface area contributed by atoms with Crippen LogP contribution >= 0.6 is 0 Å². The number of carboxylic acids is 2. The molecule has 2 unspecified atom stereocenters. The maximum atomic E-state index is 11.5. The molecule has 0 bridgehead atoms. The van der Waals surface area contributed by atoms with Gasteiger partial charge >= 0.3 is 11.9 Å². The molecule has 0 aliphatic heterocycles. The molecule has 0 spiro atoms. The van der Waals surface area contributed by atoms with Gasteiger partial charge in [0.15, 0.2) is 0 Å². The van der Waals surface area contributed by atoms with E-state index in [2.05, 4.69) is 5.32 Å². The Bertz CT molecular complexity index is 500. The summed E-state index contributed by atoms with van der Waals surface area (Å²) in [5, 5.41) is 29.2. The molecule has 1 aliphatic carbocycles. The molecule has 3 atom stereocenters. The van der Waals surface area contributed by atoms with Crippen LogP contribution in [0.3, 0.4) is 0 Å². The van der Waals surface area contributed by atoms with E-state index in [0.717, 1.165) is 0 Å². The largest absolute Gasteiger partial charge is 0.481 e. The van der Waals surface area contributed by atoms with Gasteiger partial charge in [-0.05, 0) is 18.3 Å². The van der Waals surface area contributed by atoms with Gasteiger partial charge in [0.1, 0.15) is 0 Å². The quantitative estimate of drug-likeness (QED) is 0.318. The number of carbonyl (C=O) groups is 3. The summed E-state index contributed by atoms with van der Waals surface area (Å²) in [5.41, 5.74) is 1.68. The lowest BCUT2D eigenvalue weighted by atomic mass is 9.86. The Morgan fingerprint density at radius 2 is 2.00 bits per heavy atom. The van der Waals surface area contributed by atoms with Crippen molar-refractivity contribution in [1.29, 1.82) is 0 Å². The minimum Gasteiger partial charge on any atom is -0.481 e. The van der Waals surface area contributed by atoms with Crippen molar-refractivity contribution < 1.29 is 29.8 Å². The summed E-state index contributed by atoms with van der Waals surface area (Å²) in [6.45, 7) is 2.20. The first kappa shape index (κ1) is 17.9. The maximum absolute atomic E-state index is 11.5. The summed E-state index contributed by atoms with van der Waals surface area (Å²) in [5.74, 6) is -2.85. The second-order valence-corrected chi connectivity index (χ2v) is 5.18. The van der Waals surface area contributed by atoms with Crippen molar-refractivity contribution in [3.8, 4) is 0 Å². The second kappa shape index (κ2) is 8.30. The second-order valence-electron chi connectivity index (χ2n) is 5.18. The van der Waals surface area contributed by atoms with E-state index in [1.807, 2.05) is 6.92 Å². The van der Waals surface area contributed by atoms with E-state index in [4.69, 9.17) is 15.4 Å². The molecular formula is C14H20N2O6. The van der Waals surface area contributed by atoms with Crippen LogP contribution in [0.5, 0.6) is 0 Å². The average Bonchev–Trinajstić information content (AvgIpc) is 2.47. The van der Waals surface area contributed by atoms with Gasteiger partial charge in [-0.3, -0.25) is 14.8 Å². The van der Waals surface area contributed by atoms with Crippen LogP contribution in [0.2, 0.25) is 0 Å². The first-order valence-corrected chi connectivity index (χ1v) is 6.87. The predicted molar refractivity (Wildman–Crippen MR) is 76.1 cm³/mol. The zero-order valence-corrected chi connectivity index (χ0v) is 12.2. The van der Waals surface area contributed by atoms with Crippen molar-refractivity contribution in [3.05, 3.63) is 23.8 Å². The van der Waals surface area contributed by atoms with Crippen molar-refractivity contribution in [3.63, 3.8) is 0 Å². The SMILES string of the molecule is CC1C=CC(C(=O)O)=CC1CN[C@@H](CCC(=O)O)C(=O)NO. The van der Waals surface area contributed by atoms with Crippen LogP contribution in [-0.4, -0.2) is 45.9 Å². The topological polar surface area (TPSA) is 136 Å². The van der Waals surface area contributed by atoms with Crippen LogP contribution in [0.1, 0.15) is 19.8 Å². The fraction of sp³-hybridized carbons (Fsp3) is 0.500. The number of nitrogens with one attached hydrogen (secondary N) is 2. The zero-order chi connectivity index (χ0) is 16.7. The molecule has 1 amide bonds. The molecule has 0 fully saturated rings. The Morgan fingerprint density at radius 3 is 2.55 bits per heavy atom. The van der Waals surface area contributed by atoms with Crippen LogP contribution in [0.15, 0.2) is 23.8 Å². The smallest absolute Gasteiger partial charge is 0.335 e. The van der Waals surface area contributed by atoms with Crippen LogP contribution < -0.4 is 10.8 Å². The van der Waals surface area contributed by atoms with Crippen molar-refractivity contribution in [1.82, 2.24) is 10.8 Å². The average molecular weight is 312 g/mol. The van der Waals surface area contributed by atoms with Crippen molar-refractivity contribution in [2.24, 2.45) is 11.8 Å². The Hall–Kier alpha value is -2.19. The van der Waals surface area contributed by atoms with Crippen LogP contribution in [-0.2, 0) is 14.4 Å². The number of hydrogen-bond donors (Lipinski definition) is 5. The highest BCUT2D eigenvalue weighted by Gasteiger charge is 2.23. The molecule has 1 rings (SSSR count). The molecular weight excluding hydrogens is 292 g/mol. The third-order valence-corrected chi connectivity index (χ3v) is 3.57. The number of amides is 1. The van der Waals surface area contributed by atoms with E-state index in [1.165, 1.54) is 11.6 Å². The molecule has 22 heavy (non-hydrogen) atoms. The number of rotatable bonds is 8. The highest BCUT2D eigenvalue weighted by atomic mass is 16.5. The standard InChI is InChI=1S/C14H20N2O6/c1-8-2-3-9(14(20)21)6-10(8)7-15-11(13(19)16-22)4-5-12(17)18/h2-3,6,8,10-11,15,22H,4-5,7H2,1H3,(H,16,19)(H,17,18)(H,20,21)/t8?,10?,11-/m0/s1. The third-order valence-electron chi connectivity index (χ3n) is 3.57. The Kier molecular flexibility index (Phi) is 6.74. The van der Waals surface area contributed by atoms with E-state index in [1.54, 1.807) is 12.2 Å². The highest BCUT2D eigenvalue weighted by Crippen LogP contribution is 2.22. The number of hydrogen-bond acceptors (Lipinski definition) is 5. The van der Waals surface area contributed by atoms with Gasteiger partial charge in [-0.2, -0.15) is 0 Å². The summed E-state index contributed by atoms with van der Waals surface area (Å²) in [6.07, 6.45) is 4.71. The third kappa shape index (κ3) is 5.30. The molecule has 0 saturated carbocycles. The lowest BCUT2D eigenvalue weighted by molar-refractivity contribution is -0.138. The van der Waals surface area contributed by atoms with Crippen LogP contribution in [0.4, 0.5) is 0 Å². The van der Waals surface area contributed by atoms with Gasteiger partial charge in [-0.1, -0.05) is 25.2 Å². The fourth-order valence-electron chi connectivity index (χ4n) is 2.17. The maximum Gasteiger partial charge on any atom is 0.335 e. The highest BCUT2D eigenvalue weighted by molar-refractivity contribution is 5.90. The molecule has 5 N–H and O–H groups in total. The summed E-state index contributed by atoms with van der Waals surface area (Å²) in [7, 11) is 0. The minimum absolute atomic E-state index is 0.0220. The molecule has 122 valence electrons. The molecule has 0 saturated heterocycles. The van der Waals surface area contributed by atoms with Gasteiger partial charge in [-0.25, -0.2) is 10.3 Å². The lowest BCUT2D eigenvalue weighted by Gasteiger charge is -2.25. The van der Waals surface area contributed by atoms with Gasteiger partial charge in [0.2, 0.25) is 0 Å². The lowest BCUT2D eigenvalue weighted by Crippen LogP contribution is -2.45. The summed E-state index contributed by atoms with van der Waals surface area (Å²) < 4.78 is 0. The molecule has 0 aromatic rings. The Morgan fingerprint density at radius 1 is 1.32 bits per heavy atom. The molecule has 8 heteroatoms. The normalized spacial score (nSPS) is 21.8. The molecule has 8 nitrogen and oxygen atoms in total. The molecule has 0 aromatic heterocycles. The first-order valence-electron chi connectivity index (χ1n) is 6.87. The Labute approximate surface area is 127 Å². The van der Waals surface area contributed by atoms with Gasteiger partial charge in [0.05, 0.1) is 11.6 Å². The van der Waals surface area contributed by atoms with E-state index < -0.39 is 23.9 Å². The molecule has 0 radical (unpaired) electrons. The van der Waals surface area contributed by atoms with Crippen molar-refractivity contribution in [2.45, 2.75) is 25.8 Å². The number of aliphatic carboxylic acids is 2. The van der Waals surface area contributed by atoms with Crippen LogP contribution in [0.25, 0.3) is 0 Å². The molecule has 1 aliphatic rings. The molecule has 0 heterocycles. The van der Waals surface area contributed by atoms with E-state index in [-0.39, 0.29) is 30.3 Å². The number of hydroxylamine groups is 1. The monoisotopic (exact) mass is 312 g/mol. The van der Waals surface area contributed by atoms with Gasteiger partial charge in [0, 0.05) is 13.0 Å². The van der Waals surface area contributed by atoms with E-state index in [0.29, 0.717) is 6.54 Å². The first-order chi connectivity index (χ1) is 10.3. The summed E-state index contributed by atoms with van der Waals surface area (Å²) in [6, 6.07) is -0.860. The number of carboxylic acid groups (broad SMARTS) is 2. The molecule has 0 aromatic carbocycles. The van der Waals surface area contributed by atoms with E-state index >= 15 is 0 Å². The summed E-state index contributed by atoms with van der Waals surface area (Å²) in [4.78, 5) is 33.1. The van der Waals surface area contributed by atoms with Gasteiger partial charge < -0.3 is 15.5 Å². The van der Waals surface area contributed by atoms with Crippen LogP contribution in [0, 0.1) is 11.8 Å². The van der Waals surface area contributed by atoms with Crippen molar-refractivity contribution >= 4 is 17.8 Å². The summed E-state index contributed by atoms with van der Waals surface area (Å²) >= 11 is 0. The Balaban J connectivity index is 2.66. The minimum atomic E-state index is -1.04. The van der Waals surface area contributed by atoms with Gasteiger partial charge in [0.25, 0.3) is 5.91 Å². The zero-order valence-electron chi connectivity index (χ0n) is 12.2. The predicted octanol–water partition coefficient (Wildman–Crippen LogP) is 0.148.